The monoisotopic (exact) mass is 552 g/mol. The third kappa shape index (κ3) is 10.4. The minimum absolute atomic E-state index is 0.0558. The molecule has 0 aliphatic rings. The summed E-state index contributed by atoms with van der Waals surface area (Å²) in [5.74, 6) is -1.47. The Hall–Kier alpha value is -4.34. The van der Waals surface area contributed by atoms with Crippen LogP contribution in [0.2, 0.25) is 0 Å². The standard InChI is InChI=1S/C30H40N4O6/c1-31(2)29(37)33(5)25(19-23-13-9-7-10-14-23)21-39-27(35)17-18-28(36)40-22-26(34(6)30(38)32(3)4)20-24-15-11-8-12-16-24/h7-18,25-26H,19-22H2,1-6H3/b18-17+/t25-,26-/m1/s1. The number of nitrogens with zero attached hydrogens (tertiary/aromatic N) is 4. The summed E-state index contributed by atoms with van der Waals surface area (Å²) in [7, 11) is 9.91. The molecule has 2 atom stereocenters. The van der Waals surface area contributed by atoms with Gasteiger partial charge in [0.05, 0.1) is 12.1 Å². The van der Waals surface area contributed by atoms with Crippen LogP contribution in [0.25, 0.3) is 0 Å². The molecule has 0 bridgehead atoms. The van der Waals surface area contributed by atoms with Gasteiger partial charge in [0.15, 0.2) is 0 Å². The average molecular weight is 553 g/mol. The first kappa shape index (κ1) is 31.9. The molecule has 0 heterocycles. The largest absolute Gasteiger partial charge is 0.460 e. The van der Waals surface area contributed by atoms with Gasteiger partial charge >= 0.3 is 24.0 Å². The molecular formula is C30H40N4O6. The minimum Gasteiger partial charge on any atom is -0.460 e. The van der Waals surface area contributed by atoms with Gasteiger partial charge < -0.3 is 29.1 Å². The van der Waals surface area contributed by atoms with E-state index in [0.29, 0.717) is 12.8 Å². The van der Waals surface area contributed by atoms with Gasteiger partial charge in [-0.3, -0.25) is 0 Å². The summed E-state index contributed by atoms with van der Waals surface area (Å²) in [5.41, 5.74) is 1.98. The van der Waals surface area contributed by atoms with Gasteiger partial charge in [0, 0.05) is 54.4 Å². The van der Waals surface area contributed by atoms with Crippen molar-refractivity contribution in [1.82, 2.24) is 19.6 Å². The molecule has 0 radical (unpaired) electrons. The molecule has 10 nitrogen and oxygen atoms in total. The highest BCUT2D eigenvalue weighted by Crippen LogP contribution is 2.12. The molecule has 4 amide bonds. The van der Waals surface area contributed by atoms with Crippen molar-refractivity contribution in [2.75, 3.05) is 55.5 Å². The number of hydrogen-bond acceptors (Lipinski definition) is 6. The molecular weight excluding hydrogens is 512 g/mol. The van der Waals surface area contributed by atoms with Gasteiger partial charge in [-0.2, -0.15) is 0 Å². The molecule has 216 valence electrons. The molecule has 2 rings (SSSR count). The van der Waals surface area contributed by atoms with Gasteiger partial charge in [0.2, 0.25) is 0 Å². The number of likely N-dealkylation sites (N-methyl/N-ethyl adjacent to an activating group) is 2. The number of carbonyl (C=O) groups excluding carboxylic acids is 4. The van der Waals surface area contributed by atoms with Gasteiger partial charge in [0.25, 0.3) is 0 Å². The van der Waals surface area contributed by atoms with Crippen LogP contribution in [0.1, 0.15) is 11.1 Å². The Labute approximate surface area is 236 Å². The van der Waals surface area contributed by atoms with E-state index in [9.17, 15) is 19.2 Å². The number of urea groups is 2. The molecule has 0 fully saturated rings. The lowest BCUT2D eigenvalue weighted by Gasteiger charge is -2.30. The quantitative estimate of drug-likeness (QED) is 0.296. The molecule has 2 aromatic carbocycles. The zero-order valence-electron chi connectivity index (χ0n) is 24.1. The maximum Gasteiger partial charge on any atom is 0.331 e. The number of esters is 2. The number of benzene rings is 2. The van der Waals surface area contributed by atoms with Gasteiger partial charge in [-0.05, 0) is 24.0 Å². The highest BCUT2D eigenvalue weighted by molar-refractivity contribution is 5.91. The van der Waals surface area contributed by atoms with Gasteiger partial charge in [-0.15, -0.1) is 0 Å². The maximum atomic E-state index is 12.5. The van der Waals surface area contributed by atoms with E-state index < -0.39 is 24.0 Å². The fourth-order valence-corrected chi connectivity index (χ4v) is 3.92. The topological polar surface area (TPSA) is 99.7 Å². The summed E-state index contributed by atoms with van der Waals surface area (Å²) in [6, 6.07) is 17.9. The van der Waals surface area contributed by atoms with Crippen molar-refractivity contribution in [2.24, 2.45) is 0 Å². The third-order valence-corrected chi connectivity index (χ3v) is 6.28. The molecule has 0 aliphatic heterocycles. The molecule has 10 heteroatoms. The SMILES string of the molecule is CN(C)C(=O)N(C)[C@@H](COC(=O)/C=C/C(=O)OC[C@@H](Cc1ccccc1)N(C)C(=O)N(C)C)Cc1ccccc1. The van der Waals surface area contributed by atoms with Crippen LogP contribution < -0.4 is 0 Å². The molecule has 0 N–H and O–H groups in total. The summed E-state index contributed by atoms with van der Waals surface area (Å²) in [4.78, 5) is 55.8. The molecule has 40 heavy (non-hydrogen) atoms. The van der Waals surface area contributed by atoms with E-state index >= 15 is 0 Å². The van der Waals surface area contributed by atoms with Crippen LogP contribution in [0, 0.1) is 0 Å². The van der Waals surface area contributed by atoms with Crippen LogP contribution in [0.4, 0.5) is 9.59 Å². The van der Waals surface area contributed by atoms with E-state index in [0.717, 1.165) is 23.3 Å². The number of carbonyl (C=O) groups is 4. The van der Waals surface area contributed by atoms with Crippen LogP contribution in [0.3, 0.4) is 0 Å². The Morgan fingerprint density at radius 3 is 1.23 bits per heavy atom. The van der Waals surface area contributed by atoms with Gasteiger partial charge in [-0.1, -0.05) is 60.7 Å². The second kappa shape index (κ2) is 15.9. The Bertz CT molecular complexity index is 1050. The summed E-state index contributed by atoms with van der Waals surface area (Å²) in [6.07, 6.45) is 2.96. The number of amides is 4. The van der Waals surface area contributed by atoms with Crippen molar-refractivity contribution < 1.29 is 28.7 Å². The Morgan fingerprint density at radius 1 is 0.600 bits per heavy atom. The molecule has 0 aromatic heterocycles. The van der Waals surface area contributed by atoms with Crippen LogP contribution in [0.5, 0.6) is 0 Å². The summed E-state index contributed by atoms with van der Waals surface area (Å²) < 4.78 is 10.7. The van der Waals surface area contributed by atoms with Crippen molar-refractivity contribution in [3.8, 4) is 0 Å². The molecule has 0 aliphatic carbocycles. The van der Waals surface area contributed by atoms with Crippen molar-refractivity contribution in [3.63, 3.8) is 0 Å². The van der Waals surface area contributed by atoms with Gasteiger partial charge in [0.1, 0.15) is 13.2 Å². The van der Waals surface area contributed by atoms with Crippen molar-refractivity contribution in [2.45, 2.75) is 24.9 Å². The maximum absolute atomic E-state index is 12.5. The Morgan fingerprint density at radius 2 is 0.925 bits per heavy atom. The first-order valence-corrected chi connectivity index (χ1v) is 13.0. The lowest BCUT2D eigenvalue weighted by atomic mass is 10.1. The summed E-state index contributed by atoms with van der Waals surface area (Å²) in [5, 5.41) is 0. The van der Waals surface area contributed by atoms with Gasteiger partial charge in [-0.25, -0.2) is 19.2 Å². The highest BCUT2D eigenvalue weighted by Gasteiger charge is 2.24. The fourth-order valence-electron chi connectivity index (χ4n) is 3.92. The molecule has 0 saturated heterocycles. The van der Waals surface area contributed by atoms with E-state index in [2.05, 4.69) is 0 Å². The zero-order valence-corrected chi connectivity index (χ0v) is 24.1. The van der Waals surface area contributed by atoms with E-state index in [1.807, 2.05) is 60.7 Å². The second-order valence-electron chi connectivity index (χ2n) is 9.86. The Balaban J connectivity index is 1.97. The predicted molar refractivity (Wildman–Crippen MR) is 153 cm³/mol. The second-order valence-corrected chi connectivity index (χ2v) is 9.86. The third-order valence-electron chi connectivity index (χ3n) is 6.28. The lowest BCUT2D eigenvalue weighted by molar-refractivity contribution is -0.141. The van der Waals surface area contributed by atoms with Crippen molar-refractivity contribution in [3.05, 3.63) is 83.9 Å². The summed E-state index contributed by atoms with van der Waals surface area (Å²) in [6.45, 7) is -0.112. The Kier molecular flexibility index (Phi) is 12.7. The van der Waals surface area contributed by atoms with Crippen LogP contribution in [-0.4, -0.2) is 111 Å². The van der Waals surface area contributed by atoms with Crippen LogP contribution in [-0.2, 0) is 31.9 Å². The number of hydrogen-bond donors (Lipinski definition) is 0. The predicted octanol–water partition coefficient (Wildman–Crippen LogP) is 3.08. The molecule has 0 saturated carbocycles. The average Bonchev–Trinajstić information content (AvgIpc) is 2.95. The highest BCUT2D eigenvalue weighted by atomic mass is 16.5. The van der Waals surface area contributed by atoms with E-state index in [-0.39, 0.29) is 25.3 Å². The number of rotatable bonds is 12. The lowest BCUT2D eigenvalue weighted by Crippen LogP contribution is -2.46. The molecule has 0 spiro atoms. The van der Waals surface area contributed by atoms with E-state index in [4.69, 9.17) is 9.47 Å². The van der Waals surface area contributed by atoms with Crippen LogP contribution in [0.15, 0.2) is 72.8 Å². The van der Waals surface area contributed by atoms with Crippen molar-refractivity contribution >= 4 is 24.0 Å². The molecule has 0 unspecified atom stereocenters. The smallest absolute Gasteiger partial charge is 0.331 e. The first-order valence-electron chi connectivity index (χ1n) is 13.0. The molecule has 2 aromatic rings. The first-order chi connectivity index (χ1) is 19.0. The van der Waals surface area contributed by atoms with Crippen molar-refractivity contribution in [1.29, 1.82) is 0 Å². The van der Waals surface area contributed by atoms with E-state index in [1.54, 1.807) is 42.3 Å². The van der Waals surface area contributed by atoms with Crippen LogP contribution >= 0.6 is 0 Å². The minimum atomic E-state index is -0.735. The fraction of sp³-hybridized carbons (Fsp3) is 0.400. The summed E-state index contributed by atoms with van der Waals surface area (Å²) >= 11 is 0. The van der Waals surface area contributed by atoms with E-state index in [1.165, 1.54) is 19.6 Å². The zero-order chi connectivity index (χ0) is 29.7. The number of ether oxygens (including phenoxy) is 2. The normalized spacial score (nSPS) is 12.2.